The molecule has 21 heavy (non-hydrogen) atoms. The molecule has 1 heterocycles. The summed E-state index contributed by atoms with van der Waals surface area (Å²) >= 11 is 0. The number of nitrogens with zero attached hydrogens (tertiary/aromatic N) is 1. The molecular formula is C17H22FNO2. The molecule has 1 N–H and O–H groups in total. The van der Waals surface area contributed by atoms with Crippen LogP contribution in [0.1, 0.15) is 54.4 Å². The summed E-state index contributed by atoms with van der Waals surface area (Å²) in [5, 5.41) is 8.90. The van der Waals surface area contributed by atoms with Gasteiger partial charge >= 0.3 is 5.97 Å². The van der Waals surface area contributed by atoms with Crippen molar-refractivity contribution in [2.75, 3.05) is 6.54 Å². The summed E-state index contributed by atoms with van der Waals surface area (Å²) in [4.78, 5) is 13.3. The third-order valence-corrected chi connectivity index (χ3v) is 5.03. The van der Waals surface area contributed by atoms with Crippen LogP contribution in [-0.4, -0.2) is 28.6 Å². The molecule has 1 saturated heterocycles. The van der Waals surface area contributed by atoms with E-state index in [2.05, 4.69) is 4.90 Å². The first kappa shape index (κ1) is 14.5. The van der Waals surface area contributed by atoms with Gasteiger partial charge in [-0.2, -0.15) is 0 Å². The van der Waals surface area contributed by atoms with Crippen LogP contribution in [0, 0.1) is 11.7 Å². The van der Waals surface area contributed by atoms with Crippen molar-refractivity contribution in [3.63, 3.8) is 0 Å². The number of likely N-dealkylation sites (tertiary alicyclic amines) is 1. The Balaban J connectivity index is 1.74. The third kappa shape index (κ3) is 3.10. The Hall–Kier alpha value is -1.42. The summed E-state index contributed by atoms with van der Waals surface area (Å²) in [5.41, 5.74) is 0.636. The minimum absolute atomic E-state index is 0.0189. The molecule has 2 atom stereocenters. The van der Waals surface area contributed by atoms with Crippen molar-refractivity contribution in [1.82, 2.24) is 4.90 Å². The van der Waals surface area contributed by atoms with Crippen molar-refractivity contribution in [2.24, 2.45) is 5.92 Å². The number of benzene rings is 1. The van der Waals surface area contributed by atoms with E-state index in [4.69, 9.17) is 5.11 Å². The second-order valence-corrected chi connectivity index (χ2v) is 6.34. The lowest BCUT2D eigenvalue weighted by Crippen LogP contribution is -2.46. The summed E-state index contributed by atoms with van der Waals surface area (Å²) in [5.74, 6) is -0.701. The van der Waals surface area contributed by atoms with Gasteiger partial charge in [0, 0.05) is 18.2 Å². The standard InChI is InChI=1S/C17H22FNO2/c18-15-10-13(17(20)21)7-8-14(15)11-19-9-3-5-12-4-1-2-6-16(12)19/h7-8,10,12,16H,1-6,9,11H2,(H,20,21). The highest BCUT2D eigenvalue weighted by atomic mass is 19.1. The van der Waals surface area contributed by atoms with E-state index in [1.165, 1.54) is 44.6 Å². The summed E-state index contributed by atoms with van der Waals surface area (Å²) < 4.78 is 14.1. The largest absolute Gasteiger partial charge is 0.478 e. The van der Waals surface area contributed by atoms with Crippen molar-refractivity contribution >= 4 is 5.97 Å². The van der Waals surface area contributed by atoms with Gasteiger partial charge in [0.05, 0.1) is 5.56 Å². The maximum atomic E-state index is 14.1. The van der Waals surface area contributed by atoms with Gasteiger partial charge in [0.2, 0.25) is 0 Å². The molecule has 2 aliphatic rings. The summed E-state index contributed by atoms with van der Waals surface area (Å²) in [6.07, 6.45) is 7.63. The normalized spacial score (nSPS) is 26.3. The van der Waals surface area contributed by atoms with Crippen LogP contribution in [0.25, 0.3) is 0 Å². The predicted molar refractivity (Wildman–Crippen MR) is 78.7 cm³/mol. The first-order valence-corrected chi connectivity index (χ1v) is 7.91. The highest BCUT2D eigenvalue weighted by molar-refractivity contribution is 5.87. The average Bonchev–Trinajstić information content (AvgIpc) is 2.49. The molecule has 114 valence electrons. The van der Waals surface area contributed by atoms with E-state index in [0.717, 1.165) is 18.5 Å². The second kappa shape index (κ2) is 6.14. The van der Waals surface area contributed by atoms with Crippen LogP contribution in [0.4, 0.5) is 4.39 Å². The molecule has 3 nitrogen and oxygen atoms in total. The topological polar surface area (TPSA) is 40.5 Å². The fourth-order valence-corrected chi connectivity index (χ4v) is 3.95. The lowest BCUT2D eigenvalue weighted by Gasteiger charge is -2.44. The molecule has 1 aliphatic carbocycles. The zero-order valence-electron chi connectivity index (χ0n) is 12.2. The van der Waals surface area contributed by atoms with E-state index in [9.17, 15) is 9.18 Å². The molecule has 0 radical (unpaired) electrons. The molecule has 1 aromatic rings. The maximum Gasteiger partial charge on any atom is 0.335 e. The number of carboxylic acids is 1. The number of rotatable bonds is 3. The van der Waals surface area contributed by atoms with E-state index in [1.54, 1.807) is 6.07 Å². The van der Waals surface area contributed by atoms with Crippen LogP contribution < -0.4 is 0 Å². The Kier molecular flexibility index (Phi) is 4.24. The molecule has 0 spiro atoms. The van der Waals surface area contributed by atoms with Gasteiger partial charge < -0.3 is 5.11 Å². The Morgan fingerprint density at radius 2 is 2.00 bits per heavy atom. The number of hydrogen-bond donors (Lipinski definition) is 1. The van der Waals surface area contributed by atoms with E-state index >= 15 is 0 Å². The summed E-state index contributed by atoms with van der Waals surface area (Å²) in [7, 11) is 0. The molecule has 3 rings (SSSR count). The first-order valence-electron chi connectivity index (χ1n) is 7.91. The Bertz CT molecular complexity index is 530. The minimum Gasteiger partial charge on any atom is -0.478 e. The predicted octanol–water partition coefficient (Wildman–Crippen LogP) is 3.68. The van der Waals surface area contributed by atoms with E-state index in [0.29, 0.717) is 18.2 Å². The lowest BCUT2D eigenvalue weighted by molar-refractivity contribution is 0.0538. The monoisotopic (exact) mass is 291 g/mol. The van der Waals surface area contributed by atoms with Crippen molar-refractivity contribution < 1.29 is 14.3 Å². The highest BCUT2D eigenvalue weighted by Gasteiger charge is 2.33. The van der Waals surface area contributed by atoms with Crippen molar-refractivity contribution in [2.45, 2.75) is 51.1 Å². The fraction of sp³-hybridized carbons (Fsp3) is 0.588. The van der Waals surface area contributed by atoms with E-state index < -0.39 is 11.8 Å². The maximum absolute atomic E-state index is 14.1. The molecule has 0 aromatic heterocycles. The zero-order chi connectivity index (χ0) is 14.8. The van der Waals surface area contributed by atoms with Gasteiger partial charge in [0.1, 0.15) is 5.82 Å². The van der Waals surface area contributed by atoms with Gasteiger partial charge in [0.25, 0.3) is 0 Å². The summed E-state index contributed by atoms with van der Waals surface area (Å²) in [6.45, 7) is 1.63. The average molecular weight is 291 g/mol. The Morgan fingerprint density at radius 1 is 1.24 bits per heavy atom. The van der Waals surface area contributed by atoms with Crippen LogP contribution in [0.5, 0.6) is 0 Å². The van der Waals surface area contributed by atoms with Gasteiger partial charge in [-0.15, -0.1) is 0 Å². The van der Waals surface area contributed by atoms with Crippen molar-refractivity contribution in [3.8, 4) is 0 Å². The SMILES string of the molecule is O=C(O)c1ccc(CN2CCCC3CCCCC32)c(F)c1. The zero-order valence-corrected chi connectivity index (χ0v) is 12.2. The van der Waals surface area contributed by atoms with Gasteiger partial charge in [-0.3, -0.25) is 4.90 Å². The van der Waals surface area contributed by atoms with Crippen LogP contribution in [0.2, 0.25) is 0 Å². The smallest absolute Gasteiger partial charge is 0.335 e. The molecule has 4 heteroatoms. The number of carbonyl (C=O) groups is 1. The van der Waals surface area contributed by atoms with Gasteiger partial charge in [-0.25, -0.2) is 9.18 Å². The van der Waals surface area contributed by atoms with Crippen LogP contribution in [0.15, 0.2) is 18.2 Å². The number of fused-ring (bicyclic) bond motifs is 1. The van der Waals surface area contributed by atoms with Gasteiger partial charge in [-0.05, 0) is 50.3 Å². The third-order valence-electron chi connectivity index (χ3n) is 5.03. The van der Waals surface area contributed by atoms with E-state index in [-0.39, 0.29) is 5.56 Å². The first-order chi connectivity index (χ1) is 10.1. The molecule has 1 saturated carbocycles. The molecular weight excluding hydrogens is 269 g/mol. The van der Waals surface area contributed by atoms with Gasteiger partial charge in [-0.1, -0.05) is 18.9 Å². The fourth-order valence-electron chi connectivity index (χ4n) is 3.95. The highest BCUT2D eigenvalue weighted by Crippen LogP contribution is 2.36. The number of carboxylic acid groups (broad SMARTS) is 1. The lowest BCUT2D eigenvalue weighted by atomic mass is 9.78. The van der Waals surface area contributed by atoms with Gasteiger partial charge in [0.15, 0.2) is 0 Å². The molecule has 2 fully saturated rings. The molecule has 2 unspecified atom stereocenters. The molecule has 1 aromatic carbocycles. The summed E-state index contributed by atoms with van der Waals surface area (Å²) in [6, 6.07) is 4.86. The van der Waals surface area contributed by atoms with Crippen LogP contribution in [-0.2, 0) is 6.54 Å². The van der Waals surface area contributed by atoms with Crippen LogP contribution in [0.3, 0.4) is 0 Å². The van der Waals surface area contributed by atoms with Crippen molar-refractivity contribution in [1.29, 1.82) is 0 Å². The van der Waals surface area contributed by atoms with Crippen molar-refractivity contribution in [3.05, 3.63) is 35.1 Å². The molecule has 1 aliphatic heterocycles. The molecule has 0 bridgehead atoms. The van der Waals surface area contributed by atoms with E-state index in [1.807, 2.05) is 0 Å². The van der Waals surface area contributed by atoms with Crippen LogP contribution >= 0.6 is 0 Å². The minimum atomic E-state index is -1.08. The Morgan fingerprint density at radius 3 is 2.76 bits per heavy atom. The number of halogens is 1. The Labute approximate surface area is 124 Å². The quantitative estimate of drug-likeness (QED) is 0.923. The molecule has 0 amide bonds. The number of hydrogen-bond acceptors (Lipinski definition) is 2. The number of aromatic carboxylic acids is 1. The second-order valence-electron chi connectivity index (χ2n) is 6.34. The number of piperidine rings is 1.